The van der Waals surface area contributed by atoms with Gasteiger partial charge in [0.25, 0.3) is 0 Å². The van der Waals surface area contributed by atoms with Crippen LogP contribution >= 0.6 is 0 Å². The maximum Gasteiger partial charge on any atom is 0.0923 e. The summed E-state index contributed by atoms with van der Waals surface area (Å²) in [7, 11) is 0. The summed E-state index contributed by atoms with van der Waals surface area (Å²) in [5.74, 6) is 0.220. The average Bonchev–Trinajstić information content (AvgIpc) is 2.88. The van der Waals surface area contributed by atoms with Crippen molar-refractivity contribution in [2.75, 3.05) is 0 Å². The number of aliphatic hydroxyl groups is 2. The minimum atomic E-state index is -0.716. The van der Waals surface area contributed by atoms with E-state index in [4.69, 9.17) is 4.74 Å². The molecule has 3 rings (SSSR count). The fraction of sp³-hybridized carbons (Fsp3) is 0.882. The highest BCUT2D eigenvalue weighted by atomic mass is 16.6. The van der Waals surface area contributed by atoms with Gasteiger partial charge in [-0.1, -0.05) is 12.2 Å². The number of hydrogen-bond acceptors (Lipinski definition) is 3. The largest absolute Gasteiger partial charge is 0.390 e. The second kappa shape index (κ2) is 4.56. The highest BCUT2D eigenvalue weighted by molar-refractivity contribution is 5.11. The van der Waals surface area contributed by atoms with Gasteiger partial charge in [0.05, 0.1) is 22.9 Å². The van der Waals surface area contributed by atoms with Crippen molar-refractivity contribution in [3.63, 3.8) is 0 Å². The van der Waals surface area contributed by atoms with Gasteiger partial charge >= 0.3 is 0 Å². The van der Waals surface area contributed by atoms with Crippen molar-refractivity contribution < 1.29 is 14.9 Å². The Labute approximate surface area is 122 Å². The SMILES string of the molecule is C[C@@]12CC/C=C/[C@@H]3[C@@H](CC[C@@]3(C)O)[C@](C)(O)CC[C@H]1O2. The van der Waals surface area contributed by atoms with Crippen molar-refractivity contribution >= 4 is 0 Å². The minimum absolute atomic E-state index is 0.0163. The molecule has 114 valence electrons. The van der Waals surface area contributed by atoms with Gasteiger partial charge in [0.15, 0.2) is 0 Å². The molecule has 0 aromatic carbocycles. The molecule has 3 aliphatic rings. The smallest absolute Gasteiger partial charge is 0.0923 e. The Balaban J connectivity index is 1.84. The number of epoxide rings is 1. The van der Waals surface area contributed by atoms with Gasteiger partial charge in [-0.15, -0.1) is 0 Å². The van der Waals surface area contributed by atoms with Crippen molar-refractivity contribution in [3.05, 3.63) is 12.2 Å². The molecule has 0 aromatic heterocycles. The van der Waals surface area contributed by atoms with E-state index in [-0.39, 0.29) is 17.4 Å². The number of rotatable bonds is 0. The Morgan fingerprint density at radius 2 is 1.70 bits per heavy atom. The van der Waals surface area contributed by atoms with Gasteiger partial charge in [-0.25, -0.2) is 0 Å². The zero-order valence-electron chi connectivity index (χ0n) is 12.9. The van der Waals surface area contributed by atoms with Crippen LogP contribution in [0, 0.1) is 11.8 Å². The third-order valence-corrected chi connectivity index (χ3v) is 6.01. The van der Waals surface area contributed by atoms with E-state index in [9.17, 15) is 10.2 Å². The lowest BCUT2D eigenvalue weighted by Gasteiger charge is -2.36. The fourth-order valence-electron chi connectivity index (χ4n) is 4.36. The molecule has 0 amide bonds. The Morgan fingerprint density at radius 1 is 1.00 bits per heavy atom. The molecule has 1 heterocycles. The van der Waals surface area contributed by atoms with Crippen LogP contribution in [0.5, 0.6) is 0 Å². The first-order valence-electron chi connectivity index (χ1n) is 8.04. The molecular weight excluding hydrogens is 252 g/mol. The van der Waals surface area contributed by atoms with E-state index in [1.54, 1.807) is 0 Å². The predicted octanol–water partition coefficient (Wildman–Crippen LogP) is 2.80. The van der Waals surface area contributed by atoms with Crippen LogP contribution in [0.25, 0.3) is 0 Å². The van der Waals surface area contributed by atoms with Gasteiger partial charge in [0.2, 0.25) is 0 Å². The molecule has 3 heteroatoms. The molecule has 6 atom stereocenters. The van der Waals surface area contributed by atoms with Crippen LogP contribution in [-0.4, -0.2) is 33.1 Å². The van der Waals surface area contributed by atoms with Crippen molar-refractivity contribution in [2.24, 2.45) is 11.8 Å². The van der Waals surface area contributed by atoms with E-state index < -0.39 is 11.2 Å². The zero-order chi connectivity index (χ0) is 14.6. The molecule has 2 aliphatic carbocycles. The van der Waals surface area contributed by atoms with Crippen molar-refractivity contribution in [1.82, 2.24) is 0 Å². The maximum atomic E-state index is 10.9. The molecule has 0 bridgehead atoms. The Kier molecular flexibility index (Phi) is 3.32. The molecule has 20 heavy (non-hydrogen) atoms. The van der Waals surface area contributed by atoms with E-state index in [0.29, 0.717) is 6.10 Å². The molecule has 1 aliphatic heterocycles. The molecule has 1 saturated heterocycles. The van der Waals surface area contributed by atoms with Crippen molar-refractivity contribution in [3.8, 4) is 0 Å². The van der Waals surface area contributed by atoms with Gasteiger partial charge in [-0.05, 0) is 65.2 Å². The number of ether oxygens (including phenoxy) is 1. The Hall–Kier alpha value is -0.380. The van der Waals surface area contributed by atoms with Gasteiger partial charge in [-0.3, -0.25) is 0 Å². The molecule has 0 unspecified atom stereocenters. The molecule has 1 saturated carbocycles. The quantitative estimate of drug-likeness (QED) is 0.530. The van der Waals surface area contributed by atoms with E-state index in [1.807, 2.05) is 13.8 Å². The number of fused-ring (bicyclic) bond motifs is 2. The lowest BCUT2D eigenvalue weighted by atomic mass is 9.75. The summed E-state index contributed by atoms with van der Waals surface area (Å²) in [6.07, 6.45) is 10.0. The third-order valence-electron chi connectivity index (χ3n) is 6.01. The van der Waals surface area contributed by atoms with Crippen LogP contribution < -0.4 is 0 Å². The summed E-state index contributed by atoms with van der Waals surface area (Å²) in [6.45, 7) is 6.03. The summed E-state index contributed by atoms with van der Waals surface area (Å²) in [6, 6.07) is 0. The van der Waals surface area contributed by atoms with Crippen molar-refractivity contribution in [2.45, 2.75) is 82.2 Å². The van der Waals surface area contributed by atoms with Crippen LogP contribution in [0.15, 0.2) is 12.2 Å². The summed E-state index contributed by atoms with van der Waals surface area (Å²) < 4.78 is 5.83. The second-order valence-electron chi connectivity index (χ2n) is 7.81. The monoisotopic (exact) mass is 280 g/mol. The van der Waals surface area contributed by atoms with E-state index >= 15 is 0 Å². The topological polar surface area (TPSA) is 53.0 Å². The lowest BCUT2D eigenvalue weighted by molar-refractivity contribution is -0.0475. The second-order valence-corrected chi connectivity index (χ2v) is 7.81. The molecule has 2 N–H and O–H groups in total. The summed E-state index contributed by atoms with van der Waals surface area (Å²) in [5.41, 5.74) is -1.38. The third kappa shape index (κ3) is 2.44. The predicted molar refractivity (Wildman–Crippen MR) is 78.3 cm³/mol. The van der Waals surface area contributed by atoms with Gasteiger partial charge in [0, 0.05) is 5.92 Å². The molecule has 0 radical (unpaired) electrons. The molecular formula is C17H28O3. The van der Waals surface area contributed by atoms with Gasteiger partial charge in [-0.2, -0.15) is 0 Å². The van der Waals surface area contributed by atoms with Gasteiger partial charge < -0.3 is 14.9 Å². The van der Waals surface area contributed by atoms with Crippen LogP contribution in [-0.2, 0) is 4.74 Å². The standard InChI is InChI=1S/C17H28O3/c1-15(18)10-7-13-12(15)6-4-5-9-17(3)14(20-17)8-11-16(13,2)19/h4,6,12-14,18-19H,5,7-11H2,1-3H3/b6-4+/t12-,13-,14-,15-,16-,17-/m1/s1. The number of hydrogen-bond donors (Lipinski definition) is 2. The normalized spacial score (nSPS) is 57.4. The first-order chi connectivity index (χ1) is 9.25. The minimum Gasteiger partial charge on any atom is -0.390 e. The molecule has 0 spiro atoms. The summed E-state index contributed by atoms with van der Waals surface area (Å²) >= 11 is 0. The lowest BCUT2D eigenvalue weighted by Crippen LogP contribution is -2.41. The van der Waals surface area contributed by atoms with E-state index in [1.165, 1.54) is 0 Å². The fourth-order valence-corrected chi connectivity index (χ4v) is 4.36. The first-order valence-corrected chi connectivity index (χ1v) is 8.04. The molecule has 3 nitrogen and oxygen atoms in total. The van der Waals surface area contributed by atoms with Gasteiger partial charge in [0.1, 0.15) is 0 Å². The van der Waals surface area contributed by atoms with Crippen LogP contribution in [0.1, 0.15) is 59.3 Å². The summed E-state index contributed by atoms with van der Waals surface area (Å²) in [4.78, 5) is 0. The van der Waals surface area contributed by atoms with Crippen LogP contribution in [0.2, 0.25) is 0 Å². The van der Waals surface area contributed by atoms with E-state index in [0.717, 1.165) is 38.5 Å². The Morgan fingerprint density at radius 3 is 2.45 bits per heavy atom. The first kappa shape index (κ1) is 14.6. The molecule has 0 aromatic rings. The zero-order valence-corrected chi connectivity index (χ0v) is 12.9. The average molecular weight is 280 g/mol. The maximum absolute atomic E-state index is 10.9. The summed E-state index contributed by atoms with van der Waals surface area (Å²) in [5, 5.41) is 21.5. The number of allylic oxidation sites excluding steroid dienone is 1. The van der Waals surface area contributed by atoms with Crippen LogP contribution in [0.4, 0.5) is 0 Å². The highest BCUT2D eigenvalue weighted by Crippen LogP contribution is 2.50. The van der Waals surface area contributed by atoms with Crippen molar-refractivity contribution in [1.29, 1.82) is 0 Å². The van der Waals surface area contributed by atoms with Crippen LogP contribution in [0.3, 0.4) is 0 Å². The van der Waals surface area contributed by atoms with E-state index in [2.05, 4.69) is 19.1 Å². The molecule has 2 fully saturated rings. The Bertz CT molecular complexity index is 412. The highest BCUT2D eigenvalue weighted by Gasteiger charge is 2.54.